The number of unbranched alkanes of at least 4 members (excludes halogenated alkanes) is 6. The Bertz CT molecular complexity index is 414. The number of benzene rings is 1. The van der Waals surface area contributed by atoms with Crippen molar-refractivity contribution in [2.24, 2.45) is 0 Å². The van der Waals surface area contributed by atoms with E-state index < -0.39 is 29.0 Å². The molecule has 0 spiro atoms. The molecule has 0 aliphatic rings. The zero-order valence-electron chi connectivity index (χ0n) is 11.7. The van der Waals surface area contributed by atoms with Gasteiger partial charge in [-0.2, -0.15) is 8.78 Å². The molecule has 0 fully saturated rings. The van der Waals surface area contributed by atoms with Gasteiger partial charge in [0.05, 0.1) is 6.61 Å². The monoisotopic (exact) mass is 370 g/mol. The molecule has 0 aromatic heterocycles. The van der Waals surface area contributed by atoms with Crippen LogP contribution in [0, 0.1) is 23.3 Å². The van der Waals surface area contributed by atoms with Crippen LogP contribution in [0.3, 0.4) is 0 Å². The summed E-state index contributed by atoms with van der Waals surface area (Å²) in [6.45, 7) is 0.0398. The molecule has 0 aliphatic heterocycles. The lowest BCUT2D eigenvalue weighted by Gasteiger charge is -2.09. The van der Waals surface area contributed by atoms with Crippen LogP contribution in [0.4, 0.5) is 17.6 Å². The van der Waals surface area contributed by atoms with Crippen molar-refractivity contribution in [1.29, 1.82) is 0 Å². The van der Waals surface area contributed by atoms with Gasteiger partial charge in [-0.3, -0.25) is 0 Å². The molecule has 0 N–H and O–H groups in total. The third-order valence-electron chi connectivity index (χ3n) is 3.10. The molecule has 21 heavy (non-hydrogen) atoms. The van der Waals surface area contributed by atoms with E-state index in [0.717, 1.165) is 37.4 Å². The van der Waals surface area contributed by atoms with Gasteiger partial charge in [0.1, 0.15) is 0 Å². The summed E-state index contributed by atoms with van der Waals surface area (Å²) in [4.78, 5) is 0. The summed E-state index contributed by atoms with van der Waals surface area (Å²) in [5.41, 5.74) is 0. The molecular formula is C15H19BrF4O. The van der Waals surface area contributed by atoms with Crippen molar-refractivity contribution in [1.82, 2.24) is 0 Å². The molecule has 6 heteroatoms. The maximum absolute atomic E-state index is 13.3. The Hall–Kier alpha value is -0.780. The summed E-state index contributed by atoms with van der Waals surface area (Å²) in [6.07, 6.45) is 7.06. The van der Waals surface area contributed by atoms with Crippen molar-refractivity contribution in [2.45, 2.75) is 44.9 Å². The second kappa shape index (κ2) is 10.0. The van der Waals surface area contributed by atoms with Crippen LogP contribution in [0.2, 0.25) is 0 Å². The normalized spacial score (nSPS) is 10.9. The van der Waals surface area contributed by atoms with Crippen LogP contribution in [0.15, 0.2) is 6.07 Å². The van der Waals surface area contributed by atoms with Gasteiger partial charge >= 0.3 is 0 Å². The quantitative estimate of drug-likeness (QED) is 0.220. The van der Waals surface area contributed by atoms with Crippen molar-refractivity contribution in [3.8, 4) is 5.75 Å². The maximum Gasteiger partial charge on any atom is 0.203 e. The minimum Gasteiger partial charge on any atom is -0.487 e. The van der Waals surface area contributed by atoms with Crippen LogP contribution in [0.1, 0.15) is 44.9 Å². The first-order valence-electron chi connectivity index (χ1n) is 7.09. The lowest BCUT2D eigenvalue weighted by molar-refractivity contribution is 0.263. The van der Waals surface area contributed by atoms with Crippen molar-refractivity contribution in [3.05, 3.63) is 29.3 Å². The van der Waals surface area contributed by atoms with Gasteiger partial charge in [0.2, 0.25) is 11.6 Å². The Kier molecular flexibility index (Phi) is 8.73. The van der Waals surface area contributed by atoms with Gasteiger partial charge in [-0.05, 0) is 12.8 Å². The Balaban J connectivity index is 2.24. The fourth-order valence-electron chi connectivity index (χ4n) is 1.93. The predicted octanol–water partition coefficient (Wildman–Crippen LogP) is 5.75. The summed E-state index contributed by atoms with van der Waals surface area (Å²) in [6, 6.07) is 0.171. The zero-order chi connectivity index (χ0) is 15.7. The summed E-state index contributed by atoms with van der Waals surface area (Å²) < 4.78 is 57.3. The minimum atomic E-state index is -1.48. The second-order valence-corrected chi connectivity index (χ2v) is 5.60. The van der Waals surface area contributed by atoms with Crippen molar-refractivity contribution >= 4 is 15.9 Å². The van der Waals surface area contributed by atoms with E-state index in [0.29, 0.717) is 6.42 Å². The van der Waals surface area contributed by atoms with Gasteiger partial charge in [0, 0.05) is 11.4 Å². The molecule has 0 saturated carbocycles. The van der Waals surface area contributed by atoms with Gasteiger partial charge < -0.3 is 4.74 Å². The van der Waals surface area contributed by atoms with Gasteiger partial charge in [-0.25, -0.2) is 8.78 Å². The molecule has 0 unspecified atom stereocenters. The van der Waals surface area contributed by atoms with Crippen LogP contribution in [-0.4, -0.2) is 11.9 Å². The minimum absolute atomic E-state index is 0.0398. The van der Waals surface area contributed by atoms with Gasteiger partial charge in [-0.1, -0.05) is 48.0 Å². The van der Waals surface area contributed by atoms with E-state index in [9.17, 15) is 17.6 Å². The molecule has 0 aliphatic carbocycles. The number of alkyl halides is 1. The van der Waals surface area contributed by atoms with E-state index in [1.807, 2.05) is 0 Å². The van der Waals surface area contributed by atoms with Crippen molar-refractivity contribution in [2.75, 3.05) is 11.9 Å². The molecule has 0 atom stereocenters. The molecule has 0 amide bonds. The van der Waals surface area contributed by atoms with Gasteiger partial charge in [0.15, 0.2) is 17.4 Å². The standard InChI is InChI=1S/C15H19BrF4O/c16-8-6-4-2-1-3-5-7-9-21-15-13(19)11(17)10-12(18)14(15)20/h10H,1-9H2. The highest BCUT2D eigenvalue weighted by atomic mass is 79.9. The van der Waals surface area contributed by atoms with Crippen LogP contribution < -0.4 is 4.74 Å². The summed E-state index contributed by atoms with van der Waals surface area (Å²) in [5.74, 6) is -6.83. The molecular weight excluding hydrogens is 352 g/mol. The van der Waals surface area contributed by atoms with E-state index >= 15 is 0 Å². The third kappa shape index (κ3) is 6.24. The van der Waals surface area contributed by atoms with Crippen molar-refractivity contribution < 1.29 is 22.3 Å². The smallest absolute Gasteiger partial charge is 0.203 e. The molecule has 0 saturated heterocycles. The molecule has 0 heterocycles. The molecule has 0 bridgehead atoms. The highest BCUT2D eigenvalue weighted by molar-refractivity contribution is 9.09. The Morgan fingerprint density at radius 1 is 0.762 bits per heavy atom. The predicted molar refractivity (Wildman–Crippen MR) is 77.9 cm³/mol. The SMILES string of the molecule is Fc1cc(F)c(F)c(OCCCCCCCCCBr)c1F. The molecule has 1 aromatic rings. The van der Waals surface area contributed by atoms with E-state index in [2.05, 4.69) is 15.9 Å². The lowest BCUT2D eigenvalue weighted by Crippen LogP contribution is -2.05. The number of hydrogen-bond donors (Lipinski definition) is 0. The van der Waals surface area contributed by atoms with Crippen LogP contribution >= 0.6 is 15.9 Å². The first kappa shape index (κ1) is 18.3. The summed E-state index contributed by atoms with van der Waals surface area (Å²) in [5, 5.41) is 1.02. The summed E-state index contributed by atoms with van der Waals surface area (Å²) in [7, 11) is 0. The van der Waals surface area contributed by atoms with Crippen LogP contribution in [0.25, 0.3) is 0 Å². The fourth-order valence-corrected chi connectivity index (χ4v) is 2.33. The Morgan fingerprint density at radius 3 is 1.76 bits per heavy atom. The maximum atomic E-state index is 13.3. The summed E-state index contributed by atoms with van der Waals surface area (Å²) >= 11 is 3.37. The molecule has 0 radical (unpaired) electrons. The van der Waals surface area contributed by atoms with E-state index in [-0.39, 0.29) is 12.7 Å². The third-order valence-corrected chi connectivity index (χ3v) is 3.66. The molecule has 1 nitrogen and oxygen atoms in total. The second-order valence-electron chi connectivity index (χ2n) is 4.81. The number of rotatable bonds is 10. The van der Waals surface area contributed by atoms with Crippen LogP contribution in [0.5, 0.6) is 5.75 Å². The van der Waals surface area contributed by atoms with E-state index in [1.54, 1.807) is 0 Å². The molecule has 120 valence electrons. The average Bonchev–Trinajstić information content (AvgIpc) is 2.46. The topological polar surface area (TPSA) is 9.23 Å². The highest BCUT2D eigenvalue weighted by Gasteiger charge is 2.20. The zero-order valence-corrected chi connectivity index (χ0v) is 13.3. The highest BCUT2D eigenvalue weighted by Crippen LogP contribution is 2.26. The molecule has 1 aromatic carbocycles. The lowest BCUT2D eigenvalue weighted by atomic mass is 10.1. The van der Waals surface area contributed by atoms with Crippen LogP contribution in [-0.2, 0) is 0 Å². The Labute approximate surface area is 130 Å². The van der Waals surface area contributed by atoms with Gasteiger partial charge in [0.25, 0.3) is 0 Å². The van der Waals surface area contributed by atoms with Gasteiger partial charge in [-0.15, -0.1) is 0 Å². The molecule has 1 rings (SSSR count). The Morgan fingerprint density at radius 2 is 1.24 bits per heavy atom. The van der Waals surface area contributed by atoms with E-state index in [4.69, 9.17) is 4.74 Å². The fraction of sp³-hybridized carbons (Fsp3) is 0.600. The number of hydrogen-bond acceptors (Lipinski definition) is 1. The van der Waals surface area contributed by atoms with Crippen molar-refractivity contribution in [3.63, 3.8) is 0 Å². The first-order chi connectivity index (χ1) is 10.1. The number of ether oxygens (including phenoxy) is 1. The van der Waals surface area contributed by atoms with E-state index in [1.165, 1.54) is 6.42 Å². The largest absolute Gasteiger partial charge is 0.487 e. The number of halogens is 5. The first-order valence-corrected chi connectivity index (χ1v) is 8.21. The average molecular weight is 371 g/mol.